The van der Waals surface area contributed by atoms with Crippen molar-refractivity contribution in [3.05, 3.63) is 35.4 Å². The first-order chi connectivity index (χ1) is 9.26. The highest BCUT2D eigenvalue weighted by Crippen LogP contribution is 2.11. The third-order valence-corrected chi connectivity index (χ3v) is 2.28. The normalized spacial score (nSPS) is 11.4. The van der Waals surface area contributed by atoms with E-state index in [0.717, 1.165) is 18.2 Å². The van der Waals surface area contributed by atoms with Crippen molar-refractivity contribution in [3.8, 4) is 0 Å². The molecule has 0 fully saturated rings. The molecule has 0 atom stereocenters. The van der Waals surface area contributed by atoms with Crippen LogP contribution < -0.4 is 10.6 Å². The molecule has 8 heteroatoms. The molecule has 2 N–H and O–H groups in total. The number of hydrogen-bond donors (Lipinski definition) is 2. The summed E-state index contributed by atoms with van der Waals surface area (Å²) in [7, 11) is 0. The van der Waals surface area contributed by atoms with Gasteiger partial charge in [0.25, 0.3) is 0 Å². The van der Waals surface area contributed by atoms with Crippen LogP contribution >= 0.6 is 0 Å². The fourth-order valence-electron chi connectivity index (χ4n) is 1.45. The van der Waals surface area contributed by atoms with Gasteiger partial charge in [-0.05, 0) is 30.7 Å². The van der Waals surface area contributed by atoms with Gasteiger partial charge in [-0.3, -0.25) is 4.79 Å². The molecule has 0 radical (unpaired) electrons. The summed E-state index contributed by atoms with van der Waals surface area (Å²) in [6.07, 6.45) is -4.20. The summed E-state index contributed by atoms with van der Waals surface area (Å²) in [5.74, 6) is -2.21. The first-order valence-corrected chi connectivity index (χ1v) is 5.75. The molecule has 1 amide bonds. The zero-order valence-corrected chi connectivity index (χ0v) is 10.4. The van der Waals surface area contributed by atoms with Gasteiger partial charge in [0.05, 0.1) is 6.54 Å². The average molecular weight is 296 g/mol. The Kier molecular flexibility index (Phi) is 5.87. The predicted octanol–water partition coefficient (Wildman–Crippen LogP) is 1.78. The second kappa shape index (κ2) is 7.18. The summed E-state index contributed by atoms with van der Waals surface area (Å²) in [6, 6.07) is 3.03. The molecule has 1 aromatic rings. The monoisotopic (exact) mass is 296 g/mol. The standard InChI is InChI=1S/C12H13F5N2O/c13-9-3-8(4-10(14)5-9)1-2-18-6-11(20)19-7-12(15,16)17/h3-5,18H,1-2,6-7H2,(H,19,20). The van der Waals surface area contributed by atoms with Crippen molar-refractivity contribution in [2.75, 3.05) is 19.6 Å². The second-order valence-corrected chi connectivity index (χ2v) is 4.10. The first-order valence-electron chi connectivity index (χ1n) is 5.75. The van der Waals surface area contributed by atoms with Crippen molar-refractivity contribution in [2.24, 2.45) is 0 Å². The number of rotatable bonds is 6. The molecular weight excluding hydrogens is 283 g/mol. The van der Waals surface area contributed by atoms with Gasteiger partial charge in [-0.2, -0.15) is 13.2 Å². The zero-order valence-electron chi connectivity index (χ0n) is 10.4. The highest BCUT2D eigenvalue weighted by Gasteiger charge is 2.27. The van der Waals surface area contributed by atoms with Gasteiger partial charge in [0.15, 0.2) is 0 Å². The summed E-state index contributed by atoms with van der Waals surface area (Å²) in [5.41, 5.74) is 0.394. The van der Waals surface area contributed by atoms with Gasteiger partial charge in [0.1, 0.15) is 18.2 Å². The van der Waals surface area contributed by atoms with Crippen LogP contribution in [0, 0.1) is 11.6 Å². The van der Waals surface area contributed by atoms with E-state index < -0.39 is 30.3 Å². The van der Waals surface area contributed by atoms with Gasteiger partial charge in [-0.1, -0.05) is 0 Å². The van der Waals surface area contributed by atoms with Crippen LogP contribution in [0.2, 0.25) is 0 Å². The van der Waals surface area contributed by atoms with E-state index in [1.165, 1.54) is 0 Å². The molecule has 0 unspecified atom stereocenters. The van der Waals surface area contributed by atoms with Gasteiger partial charge >= 0.3 is 6.18 Å². The molecule has 0 heterocycles. The predicted molar refractivity (Wildman–Crippen MR) is 62.0 cm³/mol. The van der Waals surface area contributed by atoms with Gasteiger partial charge in [0.2, 0.25) is 5.91 Å². The third-order valence-electron chi connectivity index (χ3n) is 2.28. The Morgan fingerprint density at radius 3 is 2.25 bits per heavy atom. The smallest absolute Gasteiger partial charge is 0.346 e. The highest BCUT2D eigenvalue weighted by atomic mass is 19.4. The lowest BCUT2D eigenvalue weighted by molar-refractivity contribution is -0.137. The summed E-state index contributed by atoms with van der Waals surface area (Å²) in [6.45, 7) is -1.47. The van der Waals surface area contributed by atoms with E-state index in [-0.39, 0.29) is 19.5 Å². The molecule has 3 nitrogen and oxygen atoms in total. The maximum Gasteiger partial charge on any atom is 0.405 e. The van der Waals surface area contributed by atoms with E-state index in [2.05, 4.69) is 5.32 Å². The quantitative estimate of drug-likeness (QED) is 0.620. The third kappa shape index (κ3) is 7.03. The Balaban J connectivity index is 2.23. The number of benzene rings is 1. The van der Waals surface area contributed by atoms with Crippen molar-refractivity contribution in [1.29, 1.82) is 0 Å². The highest BCUT2D eigenvalue weighted by molar-refractivity contribution is 5.77. The van der Waals surface area contributed by atoms with Crippen LogP contribution in [0.15, 0.2) is 18.2 Å². The van der Waals surface area contributed by atoms with Crippen LogP contribution in [-0.4, -0.2) is 31.7 Å². The number of nitrogens with one attached hydrogen (secondary N) is 2. The van der Waals surface area contributed by atoms with Crippen molar-refractivity contribution < 1.29 is 26.7 Å². The Bertz CT molecular complexity index is 441. The number of amides is 1. The molecule has 0 aliphatic heterocycles. The maximum absolute atomic E-state index is 12.8. The molecule has 1 aromatic carbocycles. The van der Waals surface area contributed by atoms with E-state index in [4.69, 9.17) is 0 Å². The van der Waals surface area contributed by atoms with Crippen LogP contribution in [0.4, 0.5) is 22.0 Å². The Morgan fingerprint density at radius 1 is 1.10 bits per heavy atom. The molecule has 20 heavy (non-hydrogen) atoms. The molecule has 0 saturated carbocycles. The summed E-state index contributed by atoms with van der Waals surface area (Å²) in [5, 5.41) is 4.28. The van der Waals surface area contributed by atoms with Gasteiger partial charge in [-0.25, -0.2) is 8.78 Å². The number of carbonyl (C=O) groups is 1. The largest absolute Gasteiger partial charge is 0.405 e. The summed E-state index contributed by atoms with van der Waals surface area (Å²) in [4.78, 5) is 11.0. The summed E-state index contributed by atoms with van der Waals surface area (Å²) < 4.78 is 61.1. The molecule has 0 aliphatic carbocycles. The van der Waals surface area contributed by atoms with Crippen LogP contribution in [-0.2, 0) is 11.2 Å². The molecule has 112 valence electrons. The van der Waals surface area contributed by atoms with Crippen molar-refractivity contribution in [2.45, 2.75) is 12.6 Å². The van der Waals surface area contributed by atoms with Gasteiger partial charge in [0, 0.05) is 6.07 Å². The zero-order chi connectivity index (χ0) is 15.2. The van der Waals surface area contributed by atoms with Crippen LogP contribution in [0.5, 0.6) is 0 Å². The number of alkyl halides is 3. The average Bonchev–Trinajstić information content (AvgIpc) is 2.30. The molecule has 0 aliphatic rings. The molecule has 0 bridgehead atoms. The lowest BCUT2D eigenvalue weighted by Gasteiger charge is -2.09. The van der Waals surface area contributed by atoms with Gasteiger partial charge < -0.3 is 10.6 Å². The number of hydrogen-bond acceptors (Lipinski definition) is 2. The Morgan fingerprint density at radius 2 is 1.70 bits per heavy atom. The number of halogens is 5. The van der Waals surface area contributed by atoms with E-state index in [9.17, 15) is 26.7 Å². The van der Waals surface area contributed by atoms with Gasteiger partial charge in [-0.15, -0.1) is 0 Å². The van der Waals surface area contributed by atoms with Crippen molar-refractivity contribution in [1.82, 2.24) is 10.6 Å². The van der Waals surface area contributed by atoms with Crippen LogP contribution in [0.3, 0.4) is 0 Å². The van der Waals surface area contributed by atoms with Crippen molar-refractivity contribution in [3.63, 3.8) is 0 Å². The lowest BCUT2D eigenvalue weighted by Crippen LogP contribution is -2.39. The van der Waals surface area contributed by atoms with E-state index in [0.29, 0.717) is 5.56 Å². The second-order valence-electron chi connectivity index (χ2n) is 4.10. The SMILES string of the molecule is O=C(CNCCc1cc(F)cc(F)c1)NCC(F)(F)F. The fourth-order valence-corrected chi connectivity index (χ4v) is 1.45. The molecule has 0 saturated heterocycles. The van der Waals surface area contributed by atoms with E-state index in [1.54, 1.807) is 5.32 Å². The first kappa shape index (κ1) is 16.4. The van der Waals surface area contributed by atoms with E-state index in [1.807, 2.05) is 0 Å². The Hall–Kier alpha value is -1.70. The minimum Gasteiger partial charge on any atom is -0.346 e. The molecular formula is C12H13F5N2O. The maximum atomic E-state index is 12.8. The summed E-state index contributed by atoms with van der Waals surface area (Å²) >= 11 is 0. The minimum absolute atomic E-state index is 0.211. The molecule has 0 spiro atoms. The minimum atomic E-state index is -4.45. The molecule has 1 rings (SSSR count). The van der Waals surface area contributed by atoms with Crippen LogP contribution in [0.1, 0.15) is 5.56 Å². The van der Waals surface area contributed by atoms with Crippen LogP contribution in [0.25, 0.3) is 0 Å². The van der Waals surface area contributed by atoms with Crippen molar-refractivity contribution >= 4 is 5.91 Å². The Labute approximate surface area is 112 Å². The number of carbonyl (C=O) groups excluding carboxylic acids is 1. The van der Waals surface area contributed by atoms with E-state index >= 15 is 0 Å². The topological polar surface area (TPSA) is 41.1 Å². The molecule has 0 aromatic heterocycles. The lowest BCUT2D eigenvalue weighted by atomic mass is 10.1. The fraction of sp³-hybridized carbons (Fsp3) is 0.417.